The first-order chi connectivity index (χ1) is 14.7. The summed E-state index contributed by atoms with van der Waals surface area (Å²) in [4.78, 5) is 23.7. The van der Waals surface area contributed by atoms with Gasteiger partial charge in [0.1, 0.15) is 17.2 Å². The third-order valence-electron chi connectivity index (χ3n) is 3.86. The van der Waals surface area contributed by atoms with E-state index < -0.39 is 30.6 Å². The number of hydrogen-bond acceptors (Lipinski definition) is 6. The van der Waals surface area contributed by atoms with Gasteiger partial charge in [0.05, 0.1) is 14.2 Å². The predicted molar refractivity (Wildman–Crippen MR) is 105 cm³/mol. The Kier molecular flexibility index (Phi) is 8.30. The van der Waals surface area contributed by atoms with Crippen LogP contribution in [0.5, 0.6) is 17.2 Å². The van der Waals surface area contributed by atoms with Crippen LogP contribution in [-0.4, -0.2) is 39.1 Å². The Morgan fingerprint density at radius 2 is 1.77 bits per heavy atom. The van der Waals surface area contributed by atoms with E-state index in [-0.39, 0.29) is 12.1 Å². The van der Waals surface area contributed by atoms with E-state index in [2.05, 4.69) is 10.1 Å². The molecule has 0 aliphatic carbocycles. The van der Waals surface area contributed by atoms with Crippen molar-refractivity contribution in [2.45, 2.75) is 12.9 Å². The average molecular weight is 439 g/mol. The molecular formula is C21H20F3NO6. The van der Waals surface area contributed by atoms with E-state index in [4.69, 9.17) is 14.2 Å². The number of carbonyl (C=O) groups is 2. The second kappa shape index (κ2) is 10.9. The number of halogens is 3. The number of methoxy groups -OCH3 is 2. The highest BCUT2D eigenvalue weighted by Crippen LogP contribution is 2.26. The number of nitrogens with one attached hydrogen (secondary N) is 1. The van der Waals surface area contributed by atoms with Crippen LogP contribution in [0, 0.1) is 0 Å². The lowest BCUT2D eigenvalue weighted by Gasteiger charge is -2.13. The summed E-state index contributed by atoms with van der Waals surface area (Å²) in [6.45, 7) is -0.847. The highest BCUT2D eigenvalue weighted by Gasteiger charge is 2.31. The summed E-state index contributed by atoms with van der Waals surface area (Å²) in [5.41, 5.74) is 0.675. The number of ether oxygens (including phenoxy) is 4. The summed E-state index contributed by atoms with van der Waals surface area (Å²) in [6, 6.07) is 10.4. The molecular weight excluding hydrogens is 419 g/mol. The lowest BCUT2D eigenvalue weighted by atomic mass is 10.1. The van der Waals surface area contributed by atoms with Gasteiger partial charge in [-0.05, 0) is 30.3 Å². The van der Waals surface area contributed by atoms with E-state index in [9.17, 15) is 22.8 Å². The van der Waals surface area contributed by atoms with E-state index in [1.165, 1.54) is 38.5 Å². The van der Waals surface area contributed by atoms with Gasteiger partial charge >= 0.3 is 12.3 Å². The third kappa shape index (κ3) is 7.92. The average Bonchev–Trinajstić information content (AvgIpc) is 2.74. The van der Waals surface area contributed by atoms with Gasteiger partial charge in [0.15, 0.2) is 6.61 Å². The molecule has 0 unspecified atom stereocenters. The zero-order valence-corrected chi connectivity index (χ0v) is 16.7. The maximum absolute atomic E-state index is 12.4. The number of rotatable bonds is 9. The van der Waals surface area contributed by atoms with Crippen LogP contribution in [0.25, 0.3) is 6.08 Å². The fourth-order valence-electron chi connectivity index (χ4n) is 2.43. The molecule has 7 nitrogen and oxygen atoms in total. The molecule has 0 fully saturated rings. The van der Waals surface area contributed by atoms with Crippen LogP contribution >= 0.6 is 0 Å². The zero-order valence-electron chi connectivity index (χ0n) is 16.7. The molecule has 166 valence electrons. The molecule has 10 heteroatoms. The van der Waals surface area contributed by atoms with Crippen molar-refractivity contribution < 1.29 is 41.7 Å². The zero-order chi connectivity index (χ0) is 22.9. The molecule has 0 atom stereocenters. The van der Waals surface area contributed by atoms with E-state index in [1.54, 1.807) is 18.2 Å². The molecule has 0 aliphatic heterocycles. The number of esters is 1. The molecule has 0 radical (unpaired) electrons. The number of alkyl halides is 3. The number of para-hydroxylation sites is 1. The van der Waals surface area contributed by atoms with Gasteiger partial charge in [0.25, 0.3) is 5.91 Å². The maximum atomic E-state index is 12.4. The Bertz CT molecular complexity index is 943. The topological polar surface area (TPSA) is 83.1 Å². The monoisotopic (exact) mass is 439 g/mol. The Morgan fingerprint density at radius 1 is 1.03 bits per heavy atom. The van der Waals surface area contributed by atoms with Crippen LogP contribution in [0.2, 0.25) is 0 Å². The molecule has 1 N–H and O–H groups in total. The molecule has 0 heterocycles. The molecule has 31 heavy (non-hydrogen) atoms. The summed E-state index contributed by atoms with van der Waals surface area (Å²) in [5, 5.41) is 2.36. The summed E-state index contributed by atoms with van der Waals surface area (Å²) >= 11 is 0. The van der Waals surface area contributed by atoms with Crippen molar-refractivity contribution in [2.24, 2.45) is 0 Å². The minimum atomic E-state index is -4.85. The molecule has 1 amide bonds. The minimum Gasteiger partial charge on any atom is -0.497 e. The van der Waals surface area contributed by atoms with Crippen LogP contribution in [0.4, 0.5) is 13.2 Å². The predicted octanol–water partition coefficient (Wildman–Crippen LogP) is 3.48. The summed E-state index contributed by atoms with van der Waals surface area (Å²) in [7, 11) is 2.97. The Balaban J connectivity index is 1.87. The third-order valence-corrected chi connectivity index (χ3v) is 3.86. The maximum Gasteiger partial charge on any atom is 0.573 e. The van der Waals surface area contributed by atoms with Crippen LogP contribution in [-0.2, 0) is 20.9 Å². The van der Waals surface area contributed by atoms with Crippen molar-refractivity contribution in [3.8, 4) is 17.2 Å². The molecule has 2 aromatic rings. The number of carbonyl (C=O) groups excluding carboxylic acids is 2. The van der Waals surface area contributed by atoms with Gasteiger partial charge in [-0.25, -0.2) is 4.79 Å². The first-order valence-electron chi connectivity index (χ1n) is 8.89. The van der Waals surface area contributed by atoms with Crippen LogP contribution in [0.3, 0.4) is 0 Å². The van der Waals surface area contributed by atoms with Gasteiger partial charge in [-0.15, -0.1) is 13.2 Å². The van der Waals surface area contributed by atoms with Crippen molar-refractivity contribution in [3.63, 3.8) is 0 Å². The van der Waals surface area contributed by atoms with Crippen molar-refractivity contribution in [3.05, 3.63) is 59.7 Å². The van der Waals surface area contributed by atoms with E-state index in [1.807, 2.05) is 0 Å². The van der Waals surface area contributed by atoms with Crippen molar-refractivity contribution >= 4 is 18.0 Å². The normalized spacial score (nSPS) is 11.1. The molecule has 2 aromatic carbocycles. The molecule has 0 aromatic heterocycles. The second-order valence-corrected chi connectivity index (χ2v) is 5.98. The van der Waals surface area contributed by atoms with E-state index in [0.717, 1.165) is 12.1 Å². The number of benzene rings is 2. The molecule has 0 aliphatic rings. The van der Waals surface area contributed by atoms with Gasteiger partial charge in [0, 0.05) is 23.7 Å². The van der Waals surface area contributed by atoms with Gasteiger partial charge < -0.3 is 24.3 Å². The van der Waals surface area contributed by atoms with Gasteiger partial charge in [-0.2, -0.15) is 0 Å². The van der Waals surface area contributed by atoms with Crippen molar-refractivity contribution in [1.29, 1.82) is 0 Å². The lowest BCUT2D eigenvalue weighted by Crippen LogP contribution is -2.28. The second-order valence-electron chi connectivity index (χ2n) is 5.98. The van der Waals surface area contributed by atoms with Crippen molar-refractivity contribution in [2.75, 3.05) is 20.8 Å². The summed E-state index contributed by atoms with van der Waals surface area (Å²) in [5.74, 6) is -0.851. The Labute approximate surface area is 176 Å². The highest BCUT2D eigenvalue weighted by molar-refractivity contribution is 5.89. The minimum absolute atomic E-state index is 0.115. The first-order valence-corrected chi connectivity index (χ1v) is 8.89. The summed E-state index contributed by atoms with van der Waals surface area (Å²) < 4.78 is 56.3. The highest BCUT2D eigenvalue weighted by atomic mass is 19.4. The Morgan fingerprint density at radius 3 is 2.45 bits per heavy atom. The number of amides is 1. The smallest absolute Gasteiger partial charge is 0.497 e. The first kappa shape index (κ1) is 23.6. The Hall–Kier alpha value is -3.69. The van der Waals surface area contributed by atoms with Crippen LogP contribution in [0.15, 0.2) is 48.5 Å². The molecule has 0 bridgehead atoms. The van der Waals surface area contributed by atoms with Crippen LogP contribution < -0.4 is 19.5 Å². The van der Waals surface area contributed by atoms with Gasteiger partial charge in [-0.3, -0.25) is 4.79 Å². The molecule has 0 spiro atoms. The molecule has 0 saturated carbocycles. The fraction of sp³-hybridized carbons (Fsp3) is 0.238. The van der Waals surface area contributed by atoms with E-state index >= 15 is 0 Å². The largest absolute Gasteiger partial charge is 0.573 e. The fourth-order valence-corrected chi connectivity index (χ4v) is 2.43. The molecule has 0 saturated heterocycles. The SMILES string of the molecule is COc1ccc(OC)c(/C=C/C(=O)OCC(=O)NCc2ccccc2OC(F)(F)F)c1. The van der Waals surface area contributed by atoms with Crippen molar-refractivity contribution in [1.82, 2.24) is 5.32 Å². The lowest BCUT2D eigenvalue weighted by molar-refractivity contribution is -0.274. The quantitative estimate of drug-likeness (QED) is 0.476. The van der Waals surface area contributed by atoms with Gasteiger partial charge in [-0.1, -0.05) is 18.2 Å². The van der Waals surface area contributed by atoms with Gasteiger partial charge in [0.2, 0.25) is 0 Å². The standard InChI is InChI=1S/C21H20F3NO6/c1-28-16-8-9-17(29-2)14(11-16)7-10-20(27)30-13-19(26)25-12-15-5-3-4-6-18(15)31-21(22,23)24/h3-11H,12-13H2,1-2H3,(H,25,26)/b10-7+. The molecule has 2 rings (SSSR count). The summed E-state index contributed by atoms with van der Waals surface area (Å²) in [6.07, 6.45) is -2.31. The number of hydrogen-bond donors (Lipinski definition) is 1. The van der Waals surface area contributed by atoms with E-state index in [0.29, 0.717) is 17.1 Å². The van der Waals surface area contributed by atoms with Crippen LogP contribution in [0.1, 0.15) is 11.1 Å².